The second-order valence-electron chi connectivity index (χ2n) is 6.55. The highest BCUT2D eigenvalue weighted by atomic mass is 35.5. The van der Waals surface area contributed by atoms with E-state index in [1.165, 1.54) is 7.11 Å². The Bertz CT molecular complexity index is 1080. The lowest BCUT2D eigenvalue weighted by molar-refractivity contribution is -0.150. The number of allylic oxidation sites excluding steroid dienone is 1. The molecule has 0 aliphatic carbocycles. The van der Waals surface area contributed by atoms with Crippen LogP contribution in [0.25, 0.3) is 0 Å². The number of amides is 2. The topological polar surface area (TPSA) is 108 Å². The summed E-state index contributed by atoms with van der Waals surface area (Å²) in [5, 5.41) is 15.8. The second-order valence-corrected chi connectivity index (χ2v) is 7.94. The average Bonchev–Trinajstić information content (AvgIpc) is 2.78. The van der Waals surface area contributed by atoms with Gasteiger partial charge in [-0.3, -0.25) is 14.4 Å². The third-order valence-electron chi connectivity index (χ3n) is 4.64. The van der Waals surface area contributed by atoms with Crippen molar-refractivity contribution in [3.05, 3.63) is 75.8 Å². The number of ether oxygens (including phenoxy) is 1. The summed E-state index contributed by atoms with van der Waals surface area (Å²) in [5.41, 5.74) is 1.28. The Kier molecular flexibility index (Phi) is 7.34. The van der Waals surface area contributed by atoms with E-state index in [2.05, 4.69) is 16.7 Å². The summed E-state index contributed by atoms with van der Waals surface area (Å²) in [7, 11) is 1.19. The van der Waals surface area contributed by atoms with Gasteiger partial charge in [-0.1, -0.05) is 65.8 Å². The fourth-order valence-electron chi connectivity index (χ4n) is 3.23. The Labute approximate surface area is 188 Å². The molecule has 0 spiro atoms. The molecule has 2 aromatic rings. The van der Waals surface area contributed by atoms with E-state index < -0.39 is 23.7 Å². The first kappa shape index (κ1) is 22.4. The zero-order chi connectivity index (χ0) is 22.4. The van der Waals surface area contributed by atoms with Crippen LogP contribution < -0.4 is 10.6 Å². The SMILES string of the molecule is COC(=O)[C@@H]1C(=O)NC(SCC(=O)Nc2ccccc2Cl)=C(C#N)[C@H]1c1ccccc1. The predicted molar refractivity (Wildman–Crippen MR) is 118 cm³/mol. The second kappa shape index (κ2) is 10.2. The summed E-state index contributed by atoms with van der Waals surface area (Å²) in [4.78, 5) is 37.4. The van der Waals surface area contributed by atoms with Gasteiger partial charge in [0, 0.05) is 5.92 Å². The molecule has 2 atom stereocenters. The summed E-state index contributed by atoms with van der Waals surface area (Å²) in [6.45, 7) is 0. The van der Waals surface area contributed by atoms with E-state index >= 15 is 0 Å². The van der Waals surface area contributed by atoms with Crippen molar-refractivity contribution in [2.24, 2.45) is 5.92 Å². The van der Waals surface area contributed by atoms with Crippen molar-refractivity contribution in [3.63, 3.8) is 0 Å². The van der Waals surface area contributed by atoms with Crippen molar-refractivity contribution in [2.75, 3.05) is 18.2 Å². The van der Waals surface area contributed by atoms with Crippen molar-refractivity contribution in [2.45, 2.75) is 5.92 Å². The van der Waals surface area contributed by atoms with Gasteiger partial charge in [0.05, 0.1) is 40.2 Å². The van der Waals surface area contributed by atoms with E-state index in [4.69, 9.17) is 16.3 Å². The van der Waals surface area contributed by atoms with Crippen LogP contribution in [0.4, 0.5) is 5.69 Å². The summed E-state index contributed by atoms with van der Waals surface area (Å²) >= 11 is 7.06. The van der Waals surface area contributed by atoms with Crippen LogP contribution in [-0.2, 0) is 19.1 Å². The van der Waals surface area contributed by atoms with E-state index in [-0.39, 0.29) is 22.3 Å². The summed E-state index contributed by atoms with van der Waals surface area (Å²) in [6.07, 6.45) is 0. The molecule has 1 heterocycles. The molecule has 0 bridgehead atoms. The van der Waals surface area contributed by atoms with Crippen molar-refractivity contribution < 1.29 is 19.1 Å². The molecule has 31 heavy (non-hydrogen) atoms. The quantitative estimate of drug-likeness (QED) is 0.510. The Balaban J connectivity index is 1.87. The zero-order valence-corrected chi connectivity index (χ0v) is 18.0. The van der Waals surface area contributed by atoms with E-state index in [0.29, 0.717) is 16.3 Å². The molecule has 1 aliphatic heterocycles. The third kappa shape index (κ3) is 5.08. The largest absolute Gasteiger partial charge is 0.468 e. The normalized spacial score (nSPS) is 18.0. The Morgan fingerprint density at radius 1 is 1.19 bits per heavy atom. The highest BCUT2D eigenvalue weighted by Gasteiger charge is 2.44. The van der Waals surface area contributed by atoms with Crippen molar-refractivity contribution in [3.8, 4) is 6.07 Å². The molecule has 158 valence electrons. The molecule has 1 aliphatic rings. The van der Waals surface area contributed by atoms with E-state index in [9.17, 15) is 19.6 Å². The monoisotopic (exact) mass is 455 g/mol. The molecular weight excluding hydrogens is 438 g/mol. The van der Waals surface area contributed by atoms with Gasteiger partial charge in [0.25, 0.3) is 0 Å². The van der Waals surface area contributed by atoms with Gasteiger partial charge in [0.2, 0.25) is 11.8 Å². The van der Waals surface area contributed by atoms with Gasteiger partial charge in [-0.15, -0.1) is 0 Å². The summed E-state index contributed by atoms with van der Waals surface area (Å²) < 4.78 is 4.80. The first-order chi connectivity index (χ1) is 15.0. The molecular formula is C22H18ClN3O4S. The van der Waals surface area contributed by atoms with E-state index in [1.807, 2.05) is 0 Å². The number of thioether (sulfide) groups is 1. The minimum absolute atomic E-state index is 0.0730. The first-order valence-electron chi connectivity index (χ1n) is 9.21. The minimum Gasteiger partial charge on any atom is -0.468 e. The van der Waals surface area contributed by atoms with Crippen LogP contribution in [0.3, 0.4) is 0 Å². The van der Waals surface area contributed by atoms with Crippen LogP contribution in [0.1, 0.15) is 11.5 Å². The number of esters is 1. The third-order valence-corrected chi connectivity index (χ3v) is 5.98. The van der Waals surface area contributed by atoms with Crippen LogP contribution in [0.5, 0.6) is 0 Å². The molecule has 2 aromatic carbocycles. The van der Waals surface area contributed by atoms with Gasteiger partial charge < -0.3 is 15.4 Å². The number of anilines is 1. The number of methoxy groups -OCH3 is 1. The van der Waals surface area contributed by atoms with Crippen molar-refractivity contribution >= 4 is 46.8 Å². The number of nitrogens with one attached hydrogen (secondary N) is 2. The lowest BCUT2D eigenvalue weighted by Crippen LogP contribution is -2.44. The number of rotatable bonds is 6. The fraction of sp³-hybridized carbons (Fsp3) is 0.182. The fourth-order valence-corrected chi connectivity index (χ4v) is 4.26. The number of para-hydroxylation sites is 1. The zero-order valence-electron chi connectivity index (χ0n) is 16.4. The highest BCUT2D eigenvalue weighted by molar-refractivity contribution is 8.03. The number of nitrogens with zero attached hydrogens (tertiary/aromatic N) is 1. The number of benzene rings is 2. The molecule has 2 amide bonds. The average molecular weight is 456 g/mol. The number of carbonyl (C=O) groups is 3. The van der Waals surface area contributed by atoms with Crippen LogP contribution in [0.2, 0.25) is 5.02 Å². The van der Waals surface area contributed by atoms with Crippen molar-refractivity contribution in [1.29, 1.82) is 5.26 Å². The number of hydrogen-bond donors (Lipinski definition) is 2. The predicted octanol–water partition coefficient (Wildman–Crippen LogP) is 3.45. The van der Waals surface area contributed by atoms with Gasteiger partial charge in [-0.2, -0.15) is 5.26 Å². The lowest BCUT2D eigenvalue weighted by atomic mass is 9.78. The van der Waals surface area contributed by atoms with Crippen LogP contribution in [-0.4, -0.2) is 30.6 Å². The number of carbonyl (C=O) groups excluding carboxylic acids is 3. The molecule has 3 rings (SSSR count). The number of halogens is 1. The molecule has 2 N–H and O–H groups in total. The van der Waals surface area contributed by atoms with Gasteiger partial charge >= 0.3 is 5.97 Å². The maximum atomic E-state index is 12.7. The molecule has 0 fully saturated rings. The smallest absolute Gasteiger partial charge is 0.319 e. The van der Waals surface area contributed by atoms with Crippen molar-refractivity contribution in [1.82, 2.24) is 5.32 Å². The number of hydrogen-bond acceptors (Lipinski definition) is 6. The standard InChI is InChI=1S/C22H18ClN3O4S/c1-30-22(29)19-18(13-7-3-2-4-8-13)14(11-24)21(26-20(19)28)31-12-17(27)25-16-10-6-5-9-15(16)23/h2-10,18-19H,12H2,1H3,(H,25,27)(H,26,28)/t18-,19+/m1/s1. The maximum absolute atomic E-state index is 12.7. The Morgan fingerprint density at radius 2 is 1.87 bits per heavy atom. The highest BCUT2D eigenvalue weighted by Crippen LogP contribution is 2.40. The van der Waals surface area contributed by atoms with Gasteiger partial charge in [0.1, 0.15) is 5.92 Å². The summed E-state index contributed by atoms with van der Waals surface area (Å²) in [5.74, 6) is -3.78. The molecule has 0 saturated carbocycles. The Hall–Kier alpha value is -3.28. The van der Waals surface area contributed by atoms with Crippen LogP contribution >= 0.6 is 23.4 Å². The first-order valence-corrected chi connectivity index (χ1v) is 10.6. The number of nitriles is 1. The summed E-state index contributed by atoms with van der Waals surface area (Å²) in [6, 6.07) is 17.7. The van der Waals surface area contributed by atoms with Gasteiger partial charge in [-0.25, -0.2) is 0 Å². The van der Waals surface area contributed by atoms with E-state index in [1.54, 1.807) is 54.6 Å². The maximum Gasteiger partial charge on any atom is 0.319 e. The molecule has 0 aromatic heterocycles. The molecule has 0 unspecified atom stereocenters. The lowest BCUT2D eigenvalue weighted by Gasteiger charge is -2.30. The molecule has 9 heteroatoms. The minimum atomic E-state index is -1.21. The van der Waals surface area contributed by atoms with Crippen LogP contribution in [0, 0.1) is 17.2 Å². The molecule has 7 nitrogen and oxygen atoms in total. The molecule has 0 radical (unpaired) electrons. The van der Waals surface area contributed by atoms with Gasteiger partial charge in [-0.05, 0) is 17.7 Å². The Morgan fingerprint density at radius 3 is 2.52 bits per heavy atom. The van der Waals surface area contributed by atoms with E-state index in [0.717, 1.165) is 11.8 Å². The van der Waals surface area contributed by atoms with Gasteiger partial charge in [0.15, 0.2) is 0 Å². The molecule has 0 saturated heterocycles. The van der Waals surface area contributed by atoms with Crippen LogP contribution in [0.15, 0.2) is 65.2 Å².